The van der Waals surface area contributed by atoms with Gasteiger partial charge in [0.2, 0.25) is 0 Å². The average Bonchev–Trinajstić information content (AvgIpc) is 3.00. The second-order valence-electron chi connectivity index (χ2n) is 6.54. The van der Waals surface area contributed by atoms with Crippen molar-refractivity contribution in [3.63, 3.8) is 0 Å². The summed E-state index contributed by atoms with van der Waals surface area (Å²) in [6.45, 7) is 3.74. The number of halogens is 2. The molecule has 0 radical (unpaired) electrons. The summed E-state index contributed by atoms with van der Waals surface area (Å²) in [5.74, 6) is 0.0654. The van der Waals surface area contributed by atoms with Crippen LogP contribution in [0, 0.1) is 12.7 Å². The quantitative estimate of drug-likeness (QED) is 0.664. The van der Waals surface area contributed by atoms with Crippen molar-refractivity contribution in [1.29, 1.82) is 0 Å². The Balaban J connectivity index is 1.76. The highest BCUT2D eigenvalue weighted by Gasteiger charge is 2.24. The summed E-state index contributed by atoms with van der Waals surface area (Å²) in [4.78, 5) is 25.8. The Morgan fingerprint density at radius 1 is 1.26 bits per heavy atom. The van der Waals surface area contributed by atoms with Gasteiger partial charge in [-0.25, -0.2) is 14.4 Å². The van der Waals surface area contributed by atoms with Gasteiger partial charge in [0.25, 0.3) is 5.91 Å². The Hall–Kier alpha value is -2.25. The van der Waals surface area contributed by atoms with E-state index in [-0.39, 0.29) is 10.9 Å². The number of benzene rings is 1. The van der Waals surface area contributed by atoms with E-state index in [1.165, 1.54) is 36.0 Å². The molecule has 1 amide bonds. The van der Waals surface area contributed by atoms with E-state index in [2.05, 4.69) is 20.2 Å². The van der Waals surface area contributed by atoms with Gasteiger partial charge in [0, 0.05) is 18.0 Å². The molecule has 1 saturated heterocycles. The molecule has 0 saturated carbocycles. The molecule has 4 rings (SSSR count). The maximum absolute atomic E-state index is 13.3. The first kappa shape index (κ1) is 18.1. The molecule has 8 heteroatoms. The van der Waals surface area contributed by atoms with Crippen LogP contribution >= 0.6 is 22.9 Å². The minimum Gasteiger partial charge on any atom is -0.356 e. The number of rotatable bonds is 3. The molecule has 0 atom stereocenters. The number of piperidine rings is 1. The van der Waals surface area contributed by atoms with Gasteiger partial charge in [0.1, 0.15) is 22.8 Å². The Morgan fingerprint density at radius 3 is 2.78 bits per heavy atom. The summed E-state index contributed by atoms with van der Waals surface area (Å²) in [5.41, 5.74) is 0.926. The zero-order chi connectivity index (χ0) is 19.0. The van der Waals surface area contributed by atoms with Crippen LogP contribution in [-0.4, -0.2) is 29.0 Å². The van der Waals surface area contributed by atoms with Gasteiger partial charge in [-0.1, -0.05) is 11.6 Å². The lowest BCUT2D eigenvalue weighted by atomic mass is 10.1. The first-order chi connectivity index (χ1) is 13.0. The summed E-state index contributed by atoms with van der Waals surface area (Å²) in [5, 5.41) is 3.73. The van der Waals surface area contributed by atoms with Gasteiger partial charge in [0.15, 0.2) is 0 Å². The fraction of sp³-hybridized carbons (Fsp3) is 0.316. The molecular formula is C19H18ClFN4OS. The number of amides is 1. The molecule has 0 bridgehead atoms. The Labute approximate surface area is 165 Å². The maximum Gasteiger partial charge on any atom is 0.257 e. The molecule has 0 spiro atoms. The van der Waals surface area contributed by atoms with Crippen LogP contribution in [0.4, 0.5) is 15.9 Å². The third kappa shape index (κ3) is 3.49. The zero-order valence-corrected chi connectivity index (χ0v) is 16.3. The largest absolute Gasteiger partial charge is 0.356 e. The number of nitrogens with zero attached hydrogens (tertiary/aromatic N) is 3. The Kier molecular flexibility index (Phi) is 4.97. The van der Waals surface area contributed by atoms with Crippen LogP contribution in [0.3, 0.4) is 0 Å². The van der Waals surface area contributed by atoms with Crippen molar-refractivity contribution >= 4 is 50.6 Å². The number of carbonyl (C=O) groups is 1. The molecule has 3 aromatic rings. The van der Waals surface area contributed by atoms with Gasteiger partial charge in [-0.2, -0.15) is 0 Å². The summed E-state index contributed by atoms with van der Waals surface area (Å²) in [6.07, 6.45) is 4.99. The van der Waals surface area contributed by atoms with Crippen molar-refractivity contribution in [3.8, 4) is 0 Å². The van der Waals surface area contributed by atoms with Crippen molar-refractivity contribution in [2.75, 3.05) is 23.3 Å². The number of hydrogen-bond donors (Lipinski definition) is 1. The number of carbonyl (C=O) groups excluding carboxylic acids is 1. The van der Waals surface area contributed by atoms with Crippen LogP contribution in [0.25, 0.3) is 10.2 Å². The van der Waals surface area contributed by atoms with Crippen molar-refractivity contribution < 1.29 is 9.18 Å². The topological polar surface area (TPSA) is 58.1 Å². The summed E-state index contributed by atoms with van der Waals surface area (Å²) in [7, 11) is 0. The number of fused-ring (bicyclic) bond motifs is 1. The zero-order valence-electron chi connectivity index (χ0n) is 14.8. The highest BCUT2D eigenvalue weighted by molar-refractivity contribution is 7.19. The molecule has 1 fully saturated rings. The van der Waals surface area contributed by atoms with Crippen molar-refractivity contribution in [1.82, 2.24) is 9.97 Å². The predicted molar refractivity (Wildman–Crippen MR) is 108 cm³/mol. The molecule has 3 heterocycles. The third-order valence-electron chi connectivity index (χ3n) is 4.71. The second kappa shape index (κ2) is 7.40. The van der Waals surface area contributed by atoms with E-state index < -0.39 is 5.82 Å². The fourth-order valence-corrected chi connectivity index (χ4v) is 4.62. The van der Waals surface area contributed by atoms with Gasteiger partial charge in [0.05, 0.1) is 21.7 Å². The number of aromatic nitrogens is 2. The Bertz CT molecular complexity index is 1020. The van der Waals surface area contributed by atoms with Crippen molar-refractivity contribution in [3.05, 3.63) is 45.8 Å². The highest BCUT2D eigenvalue weighted by atomic mass is 35.5. The first-order valence-electron chi connectivity index (χ1n) is 8.80. The lowest BCUT2D eigenvalue weighted by Crippen LogP contribution is -2.30. The van der Waals surface area contributed by atoms with E-state index in [1.54, 1.807) is 6.33 Å². The molecule has 1 aliphatic rings. The van der Waals surface area contributed by atoms with Gasteiger partial charge >= 0.3 is 0 Å². The summed E-state index contributed by atoms with van der Waals surface area (Å²) >= 11 is 7.53. The molecule has 2 aromatic heterocycles. The smallest absolute Gasteiger partial charge is 0.257 e. The molecule has 1 N–H and O–H groups in total. The van der Waals surface area contributed by atoms with E-state index in [1.807, 2.05) is 6.92 Å². The minimum atomic E-state index is -0.448. The van der Waals surface area contributed by atoms with Gasteiger partial charge in [-0.05, 0) is 44.4 Å². The number of hydrogen-bond acceptors (Lipinski definition) is 5. The van der Waals surface area contributed by atoms with Gasteiger partial charge in [-0.3, -0.25) is 4.79 Å². The van der Waals surface area contributed by atoms with E-state index in [9.17, 15) is 9.18 Å². The molecule has 1 aliphatic heterocycles. The van der Waals surface area contributed by atoms with Crippen LogP contribution in [0.1, 0.15) is 34.5 Å². The van der Waals surface area contributed by atoms with E-state index in [4.69, 9.17) is 11.6 Å². The lowest BCUT2D eigenvalue weighted by Gasteiger charge is -2.28. The second-order valence-corrected chi connectivity index (χ2v) is 8.15. The number of nitrogens with one attached hydrogen (secondary N) is 1. The van der Waals surface area contributed by atoms with Crippen molar-refractivity contribution in [2.45, 2.75) is 26.2 Å². The van der Waals surface area contributed by atoms with Crippen LogP contribution < -0.4 is 10.2 Å². The van der Waals surface area contributed by atoms with Crippen LogP contribution in [-0.2, 0) is 0 Å². The molecule has 0 aliphatic carbocycles. The summed E-state index contributed by atoms with van der Waals surface area (Å²) in [6, 6.07) is 3.90. The molecule has 0 unspecified atom stereocenters. The van der Waals surface area contributed by atoms with Crippen molar-refractivity contribution in [2.24, 2.45) is 0 Å². The molecule has 27 heavy (non-hydrogen) atoms. The monoisotopic (exact) mass is 404 g/mol. The number of thiophene rings is 1. The molecule has 5 nitrogen and oxygen atoms in total. The standard InChI is InChI=1S/C19H18ClFN4OS/c1-11-15(18(26)24-14-6-5-12(21)9-13(14)20)16-17(22-10-23-19(16)27-11)25-7-3-2-4-8-25/h5-6,9-10H,2-4,7-8H2,1H3,(H,24,26). The molecule has 1 aromatic carbocycles. The van der Waals surface area contributed by atoms with Gasteiger partial charge < -0.3 is 10.2 Å². The first-order valence-corrected chi connectivity index (χ1v) is 9.99. The van der Waals surface area contributed by atoms with Crippen LogP contribution in [0.15, 0.2) is 24.5 Å². The normalized spacial score (nSPS) is 14.6. The van der Waals surface area contributed by atoms with E-state index >= 15 is 0 Å². The SMILES string of the molecule is Cc1sc2ncnc(N3CCCCC3)c2c1C(=O)Nc1ccc(F)cc1Cl. The maximum atomic E-state index is 13.3. The Morgan fingerprint density at radius 2 is 2.04 bits per heavy atom. The average molecular weight is 405 g/mol. The van der Waals surface area contributed by atoms with E-state index in [0.717, 1.165) is 46.8 Å². The van der Waals surface area contributed by atoms with Crippen LogP contribution in [0.2, 0.25) is 5.02 Å². The number of anilines is 2. The fourth-order valence-electron chi connectivity index (χ4n) is 3.42. The minimum absolute atomic E-state index is 0.160. The molecule has 140 valence electrons. The third-order valence-corrected chi connectivity index (χ3v) is 6.03. The number of aryl methyl sites for hydroxylation is 1. The predicted octanol–water partition coefficient (Wildman–Crippen LogP) is 5.03. The lowest BCUT2D eigenvalue weighted by molar-refractivity contribution is 0.102. The van der Waals surface area contributed by atoms with E-state index in [0.29, 0.717) is 11.3 Å². The molecular weight excluding hydrogens is 387 g/mol. The summed E-state index contributed by atoms with van der Waals surface area (Å²) < 4.78 is 13.3. The van der Waals surface area contributed by atoms with Gasteiger partial charge in [-0.15, -0.1) is 11.3 Å². The van der Waals surface area contributed by atoms with Crippen LogP contribution in [0.5, 0.6) is 0 Å². The highest BCUT2D eigenvalue weighted by Crippen LogP contribution is 2.36.